The van der Waals surface area contributed by atoms with Crippen LogP contribution in [-0.4, -0.2) is 41.3 Å². The molecule has 0 aliphatic heterocycles. The second kappa shape index (κ2) is 8.34. The molecule has 1 amide bonds. The first-order valence-electron chi connectivity index (χ1n) is 9.60. The maximum absolute atomic E-state index is 12.7. The fourth-order valence-electron chi connectivity index (χ4n) is 3.02. The lowest BCUT2D eigenvalue weighted by Gasteiger charge is -2.21. The summed E-state index contributed by atoms with van der Waals surface area (Å²) in [6.45, 7) is 6.41. The second-order valence-corrected chi connectivity index (χ2v) is 9.17. The number of aromatic nitrogens is 2. The Kier molecular flexibility index (Phi) is 6.04. The Morgan fingerprint density at radius 2 is 1.79 bits per heavy atom. The maximum Gasteiger partial charge on any atom is 0.257 e. The van der Waals surface area contributed by atoms with Crippen LogP contribution < -0.4 is 5.32 Å². The second-order valence-electron chi connectivity index (χ2n) is 7.17. The van der Waals surface area contributed by atoms with Gasteiger partial charge in [-0.1, -0.05) is 19.1 Å². The highest BCUT2D eigenvalue weighted by Gasteiger charge is 2.23. The number of benzene rings is 2. The van der Waals surface area contributed by atoms with Gasteiger partial charge in [-0.05, 0) is 56.7 Å². The van der Waals surface area contributed by atoms with Crippen molar-refractivity contribution >= 4 is 32.9 Å². The quantitative estimate of drug-likeness (QED) is 0.638. The van der Waals surface area contributed by atoms with E-state index in [1.807, 2.05) is 42.7 Å². The average molecular weight is 415 g/mol. The van der Waals surface area contributed by atoms with Gasteiger partial charge in [-0.15, -0.1) is 0 Å². The zero-order valence-corrected chi connectivity index (χ0v) is 17.9. The average Bonchev–Trinajstić information content (AvgIpc) is 3.05. The molecule has 29 heavy (non-hydrogen) atoms. The van der Waals surface area contributed by atoms with Crippen LogP contribution in [0, 0.1) is 0 Å². The van der Waals surface area contributed by atoms with Crippen molar-refractivity contribution in [2.75, 3.05) is 12.4 Å². The lowest BCUT2D eigenvalue weighted by molar-refractivity contribution is 0.102. The van der Waals surface area contributed by atoms with E-state index in [9.17, 15) is 13.2 Å². The van der Waals surface area contributed by atoms with E-state index in [-0.39, 0.29) is 16.8 Å². The molecule has 3 rings (SSSR count). The standard InChI is InChI=1S/C21H26N4O3S/c1-5-14-25-19-9-7-6-8-18(19)22-21(25)23-20(26)16-10-12-17(13-11-16)29(27,28)24(4)15(2)3/h6-13,15H,5,14H2,1-4H3,(H,22,23,26). The molecule has 0 radical (unpaired) electrons. The van der Waals surface area contributed by atoms with E-state index in [1.54, 1.807) is 7.05 Å². The monoisotopic (exact) mass is 414 g/mol. The lowest BCUT2D eigenvalue weighted by atomic mass is 10.2. The number of amides is 1. The molecule has 3 aromatic rings. The molecule has 0 aliphatic rings. The third-order valence-electron chi connectivity index (χ3n) is 4.85. The van der Waals surface area contributed by atoms with Crippen LogP contribution in [0.2, 0.25) is 0 Å². The first kappa shape index (κ1) is 21.0. The Morgan fingerprint density at radius 1 is 1.14 bits per heavy atom. The van der Waals surface area contributed by atoms with Crippen LogP contribution >= 0.6 is 0 Å². The molecule has 0 fully saturated rings. The minimum atomic E-state index is -3.59. The predicted molar refractivity (Wildman–Crippen MR) is 115 cm³/mol. The van der Waals surface area contributed by atoms with Crippen LogP contribution in [0.4, 0.5) is 5.95 Å². The summed E-state index contributed by atoms with van der Waals surface area (Å²) in [6, 6.07) is 13.5. The van der Waals surface area contributed by atoms with Crippen LogP contribution in [0.3, 0.4) is 0 Å². The summed E-state index contributed by atoms with van der Waals surface area (Å²) in [7, 11) is -2.05. The molecule has 0 saturated heterocycles. The first-order chi connectivity index (χ1) is 13.8. The normalized spacial score (nSPS) is 12.1. The van der Waals surface area contributed by atoms with Gasteiger partial charge < -0.3 is 4.57 Å². The number of sulfonamides is 1. The Balaban J connectivity index is 1.85. The molecule has 1 heterocycles. The topological polar surface area (TPSA) is 84.3 Å². The Labute approximate surface area is 171 Å². The molecule has 0 atom stereocenters. The maximum atomic E-state index is 12.7. The van der Waals surface area contributed by atoms with Crippen LogP contribution in [-0.2, 0) is 16.6 Å². The summed E-state index contributed by atoms with van der Waals surface area (Å²) in [5.41, 5.74) is 2.14. The summed E-state index contributed by atoms with van der Waals surface area (Å²) < 4.78 is 28.4. The van der Waals surface area contributed by atoms with Gasteiger partial charge in [0.2, 0.25) is 16.0 Å². The van der Waals surface area contributed by atoms with Crippen molar-refractivity contribution in [1.82, 2.24) is 13.9 Å². The van der Waals surface area contributed by atoms with Crippen LogP contribution in [0.25, 0.3) is 11.0 Å². The zero-order chi connectivity index (χ0) is 21.2. The van der Waals surface area contributed by atoms with Gasteiger partial charge in [-0.25, -0.2) is 13.4 Å². The van der Waals surface area contributed by atoms with Gasteiger partial charge in [0.05, 0.1) is 15.9 Å². The molecule has 7 nitrogen and oxygen atoms in total. The van der Waals surface area contributed by atoms with E-state index >= 15 is 0 Å². The van der Waals surface area contributed by atoms with Gasteiger partial charge >= 0.3 is 0 Å². The fourth-order valence-corrected chi connectivity index (χ4v) is 4.38. The molecule has 1 aromatic heterocycles. The van der Waals surface area contributed by atoms with E-state index in [0.717, 1.165) is 24.0 Å². The molecule has 2 aromatic carbocycles. The summed E-state index contributed by atoms with van der Waals surface area (Å²) in [6.07, 6.45) is 0.902. The van der Waals surface area contributed by atoms with Crippen molar-refractivity contribution in [3.05, 3.63) is 54.1 Å². The van der Waals surface area contributed by atoms with Crippen LogP contribution in [0.1, 0.15) is 37.6 Å². The predicted octanol–water partition coefficient (Wildman–Crippen LogP) is 3.73. The molecule has 0 bridgehead atoms. The van der Waals surface area contributed by atoms with E-state index < -0.39 is 10.0 Å². The molecule has 0 saturated carbocycles. The number of anilines is 1. The molecule has 154 valence electrons. The van der Waals surface area contributed by atoms with Crippen LogP contribution in [0.15, 0.2) is 53.4 Å². The number of hydrogen-bond donors (Lipinski definition) is 1. The number of fused-ring (bicyclic) bond motifs is 1. The van der Waals surface area contributed by atoms with E-state index in [4.69, 9.17) is 0 Å². The number of hydrogen-bond acceptors (Lipinski definition) is 4. The number of carbonyl (C=O) groups is 1. The number of rotatable bonds is 7. The fraction of sp³-hybridized carbons (Fsp3) is 0.333. The van der Waals surface area contributed by atoms with Crippen molar-refractivity contribution in [2.24, 2.45) is 0 Å². The summed E-state index contributed by atoms with van der Waals surface area (Å²) in [5.74, 6) is 0.146. The molecular weight excluding hydrogens is 388 g/mol. The number of nitrogens with zero attached hydrogens (tertiary/aromatic N) is 3. The highest BCUT2D eigenvalue weighted by Crippen LogP contribution is 2.21. The molecule has 8 heteroatoms. The number of nitrogens with one attached hydrogen (secondary N) is 1. The Hall–Kier alpha value is -2.71. The number of aryl methyl sites for hydroxylation is 1. The molecule has 0 aliphatic carbocycles. The van der Waals surface area contributed by atoms with Crippen LogP contribution in [0.5, 0.6) is 0 Å². The van der Waals surface area contributed by atoms with Gasteiger partial charge in [-0.2, -0.15) is 4.31 Å². The van der Waals surface area contributed by atoms with E-state index in [2.05, 4.69) is 17.2 Å². The third kappa shape index (κ3) is 4.18. The van der Waals surface area contributed by atoms with Crippen molar-refractivity contribution < 1.29 is 13.2 Å². The smallest absolute Gasteiger partial charge is 0.257 e. The number of imidazole rings is 1. The van der Waals surface area contributed by atoms with Crippen molar-refractivity contribution in [3.63, 3.8) is 0 Å². The van der Waals surface area contributed by atoms with Gasteiger partial charge in [0.1, 0.15) is 0 Å². The van der Waals surface area contributed by atoms with Gasteiger partial charge in [0.25, 0.3) is 5.91 Å². The van der Waals surface area contributed by atoms with Crippen molar-refractivity contribution in [3.8, 4) is 0 Å². The van der Waals surface area contributed by atoms with Crippen molar-refractivity contribution in [2.45, 2.75) is 44.7 Å². The SMILES string of the molecule is CCCn1c(NC(=O)c2ccc(S(=O)(=O)N(C)C(C)C)cc2)nc2ccccc21. The minimum absolute atomic E-state index is 0.156. The molecular formula is C21H26N4O3S. The molecule has 0 unspecified atom stereocenters. The Morgan fingerprint density at radius 3 is 2.41 bits per heavy atom. The van der Waals surface area contributed by atoms with Gasteiger partial charge in [0, 0.05) is 25.2 Å². The minimum Gasteiger partial charge on any atom is -0.310 e. The summed E-state index contributed by atoms with van der Waals surface area (Å²) in [4.78, 5) is 17.4. The lowest BCUT2D eigenvalue weighted by Crippen LogP contribution is -2.33. The highest BCUT2D eigenvalue weighted by molar-refractivity contribution is 7.89. The largest absolute Gasteiger partial charge is 0.310 e. The van der Waals surface area contributed by atoms with E-state index in [1.165, 1.54) is 28.6 Å². The van der Waals surface area contributed by atoms with Crippen molar-refractivity contribution in [1.29, 1.82) is 0 Å². The highest BCUT2D eigenvalue weighted by atomic mass is 32.2. The zero-order valence-electron chi connectivity index (χ0n) is 17.1. The summed E-state index contributed by atoms with van der Waals surface area (Å²) in [5, 5.41) is 2.85. The first-order valence-corrected chi connectivity index (χ1v) is 11.0. The number of carbonyl (C=O) groups excluding carboxylic acids is 1. The summed E-state index contributed by atoms with van der Waals surface area (Å²) >= 11 is 0. The van der Waals surface area contributed by atoms with Gasteiger partial charge in [0.15, 0.2) is 0 Å². The van der Waals surface area contributed by atoms with E-state index in [0.29, 0.717) is 11.5 Å². The molecule has 1 N–H and O–H groups in total. The molecule has 0 spiro atoms. The number of para-hydroxylation sites is 2. The van der Waals surface area contributed by atoms with Gasteiger partial charge in [-0.3, -0.25) is 10.1 Å². The Bertz CT molecular complexity index is 1120. The third-order valence-corrected chi connectivity index (χ3v) is 6.90.